The van der Waals surface area contributed by atoms with E-state index < -0.39 is 11.6 Å². The number of carbonyl (C=O) groups is 2. The van der Waals surface area contributed by atoms with E-state index in [2.05, 4.69) is 4.98 Å². The Bertz CT molecular complexity index is 481. The van der Waals surface area contributed by atoms with Crippen LogP contribution in [-0.2, 0) is 16.0 Å². The predicted octanol–water partition coefficient (Wildman–Crippen LogP) is 3.09. The van der Waals surface area contributed by atoms with Crippen LogP contribution < -0.4 is 0 Å². The van der Waals surface area contributed by atoms with Gasteiger partial charge in [-0.25, -0.2) is 4.98 Å². The van der Waals surface area contributed by atoms with Gasteiger partial charge in [-0.05, 0) is 20.8 Å². The maximum atomic E-state index is 11.6. The summed E-state index contributed by atoms with van der Waals surface area (Å²) in [7, 11) is 0. The van der Waals surface area contributed by atoms with Gasteiger partial charge in [0, 0.05) is 11.8 Å². The Morgan fingerprint density at radius 3 is 2.56 bits per heavy atom. The minimum absolute atomic E-state index is 0.0166. The molecule has 0 atom stereocenters. The molecule has 0 aliphatic carbocycles. The number of hydrogen-bond acceptors (Lipinski definition) is 4. The van der Waals surface area contributed by atoms with Crippen LogP contribution in [0.1, 0.15) is 36.7 Å². The number of nitrogens with zero attached hydrogens (tertiary/aromatic N) is 1. The van der Waals surface area contributed by atoms with E-state index in [0.29, 0.717) is 11.8 Å². The molecule has 1 aromatic heterocycles. The van der Waals surface area contributed by atoms with Gasteiger partial charge in [-0.1, -0.05) is 23.2 Å². The summed E-state index contributed by atoms with van der Waals surface area (Å²) in [6.45, 7) is 5.30. The molecule has 0 aliphatic rings. The quantitative estimate of drug-likeness (QED) is 0.487. The summed E-state index contributed by atoms with van der Waals surface area (Å²) in [6.07, 6.45) is 1.82. The molecule has 1 heterocycles. The Morgan fingerprint density at radius 2 is 2.06 bits per heavy atom. The van der Waals surface area contributed by atoms with Crippen LogP contribution in [0, 0.1) is 0 Å². The van der Waals surface area contributed by atoms with Crippen LogP contribution in [0.3, 0.4) is 0 Å². The van der Waals surface area contributed by atoms with Crippen molar-refractivity contribution in [2.45, 2.75) is 32.8 Å². The summed E-state index contributed by atoms with van der Waals surface area (Å²) in [5.41, 5.74) is -0.0755. The summed E-state index contributed by atoms with van der Waals surface area (Å²) in [4.78, 5) is 26.2. The highest BCUT2D eigenvalue weighted by Gasteiger charge is 2.19. The molecule has 0 saturated carbocycles. The normalized spacial score (nSPS) is 11.2. The molecular weight excluding hydrogens is 277 g/mol. The van der Waals surface area contributed by atoms with E-state index in [1.165, 1.54) is 6.20 Å². The Kier molecular flexibility index (Phi) is 4.71. The summed E-state index contributed by atoms with van der Waals surface area (Å²) >= 11 is 11.7. The largest absolute Gasteiger partial charge is 0.460 e. The van der Waals surface area contributed by atoms with Crippen molar-refractivity contribution in [3.63, 3.8) is 0 Å². The molecule has 0 unspecified atom stereocenters. The number of esters is 1. The number of rotatable bonds is 3. The number of aldehydes is 1. The average Bonchev–Trinajstić information content (AvgIpc) is 2.20. The van der Waals surface area contributed by atoms with Crippen molar-refractivity contribution in [2.24, 2.45) is 0 Å². The molecule has 0 bridgehead atoms. The van der Waals surface area contributed by atoms with Gasteiger partial charge in [0.15, 0.2) is 6.29 Å². The van der Waals surface area contributed by atoms with E-state index in [9.17, 15) is 9.59 Å². The van der Waals surface area contributed by atoms with Gasteiger partial charge < -0.3 is 4.74 Å². The van der Waals surface area contributed by atoms with Gasteiger partial charge in [-0.2, -0.15) is 0 Å². The molecule has 1 rings (SSSR count). The van der Waals surface area contributed by atoms with Gasteiger partial charge in [0.1, 0.15) is 10.8 Å². The predicted molar refractivity (Wildman–Crippen MR) is 69.2 cm³/mol. The fraction of sp³-hybridized carbons (Fsp3) is 0.417. The number of carbonyl (C=O) groups excluding carboxylic acids is 2. The Morgan fingerprint density at radius 1 is 1.44 bits per heavy atom. The molecule has 6 heteroatoms. The zero-order valence-corrected chi connectivity index (χ0v) is 11.8. The van der Waals surface area contributed by atoms with E-state index in [-0.39, 0.29) is 22.2 Å². The van der Waals surface area contributed by atoms with Crippen molar-refractivity contribution in [1.82, 2.24) is 4.98 Å². The molecule has 0 saturated heterocycles. The smallest absolute Gasteiger partial charge is 0.310 e. The first-order valence-corrected chi connectivity index (χ1v) is 6.00. The van der Waals surface area contributed by atoms with Crippen molar-refractivity contribution in [2.75, 3.05) is 0 Å². The SMILES string of the molecule is CC(C)(C)OC(=O)Cc1cnc(Cl)c(C=O)c1Cl. The monoisotopic (exact) mass is 289 g/mol. The van der Waals surface area contributed by atoms with Crippen molar-refractivity contribution in [3.8, 4) is 0 Å². The number of pyridine rings is 1. The minimum atomic E-state index is -0.573. The lowest BCUT2D eigenvalue weighted by Crippen LogP contribution is -2.25. The molecule has 0 spiro atoms. The number of ether oxygens (including phenoxy) is 1. The van der Waals surface area contributed by atoms with Crippen LogP contribution in [0.5, 0.6) is 0 Å². The number of aromatic nitrogens is 1. The standard InChI is InChI=1S/C12H13Cl2NO3/c1-12(2,3)18-9(17)4-7-5-15-11(14)8(6-16)10(7)13/h5-6H,4H2,1-3H3. The highest BCUT2D eigenvalue weighted by atomic mass is 35.5. The molecule has 0 aliphatic heterocycles. The van der Waals surface area contributed by atoms with Crippen LogP contribution >= 0.6 is 23.2 Å². The summed E-state index contributed by atoms with van der Waals surface area (Å²) < 4.78 is 5.15. The molecule has 0 amide bonds. The molecule has 1 aromatic rings. The molecule has 98 valence electrons. The third kappa shape index (κ3) is 3.96. The zero-order chi connectivity index (χ0) is 13.9. The van der Waals surface area contributed by atoms with Gasteiger partial charge in [-0.3, -0.25) is 9.59 Å². The molecule has 0 fully saturated rings. The minimum Gasteiger partial charge on any atom is -0.460 e. The molecule has 0 N–H and O–H groups in total. The van der Waals surface area contributed by atoms with E-state index in [1.54, 1.807) is 20.8 Å². The molecule has 18 heavy (non-hydrogen) atoms. The highest BCUT2D eigenvalue weighted by Crippen LogP contribution is 2.25. The lowest BCUT2D eigenvalue weighted by Gasteiger charge is -2.19. The van der Waals surface area contributed by atoms with Crippen LogP contribution in [0.25, 0.3) is 0 Å². The lowest BCUT2D eigenvalue weighted by molar-refractivity contribution is -0.153. The van der Waals surface area contributed by atoms with Gasteiger partial charge >= 0.3 is 5.97 Å². The first-order chi connectivity index (χ1) is 8.24. The fourth-order valence-electron chi connectivity index (χ4n) is 1.28. The van der Waals surface area contributed by atoms with E-state index in [4.69, 9.17) is 27.9 Å². The second kappa shape index (κ2) is 5.67. The Balaban J connectivity index is 2.93. The fourth-order valence-corrected chi connectivity index (χ4v) is 1.77. The Hall–Kier alpha value is -1.13. The average molecular weight is 290 g/mol. The van der Waals surface area contributed by atoms with Gasteiger partial charge in [0.2, 0.25) is 0 Å². The highest BCUT2D eigenvalue weighted by molar-refractivity contribution is 6.38. The van der Waals surface area contributed by atoms with Crippen LogP contribution in [0.15, 0.2) is 6.20 Å². The summed E-state index contributed by atoms with van der Waals surface area (Å²) in [5, 5.41) is 0.152. The topological polar surface area (TPSA) is 56.3 Å². The first kappa shape index (κ1) is 14.9. The maximum absolute atomic E-state index is 11.6. The maximum Gasteiger partial charge on any atom is 0.310 e. The van der Waals surface area contributed by atoms with E-state index in [0.717, 1.165) is 0 Å². The van der Waals surface area contributed by atoms with Gasteiger partial charge in [0.05, 0.1) is 17.0 Å². The molecule has 0 aromatic carbocycles. The van der Waals surface area contributed by atoms with E-state index in [1.807, 2.05) is 0 Å². The first-order valence-electron chi connectivity index (χ1n) is 5.24. The van der Waals surface area contributed by atoms with Gasteiger partial charge in [0.25, 0.3) is 0 Å². The third-order valence-electron chi connectivity index (χ3n) is 1.95. The molecule has 4 nitrogen and oxygen atoms in total. The van der Waals surface area contributed by atoms with Crippen molar-refractivity contribution >= 4 is 35.5 Å². The van der Waals surface area contributed by atoms with Crippen LogP contribution in [0.4, 0.5) is 0 Å². The lowest BCUT2D eigenvalue weighted by atomic mass is 10.1. The van der Waals surface area contributed by atoms with Crippen LogP contribution in [-0.4, -0.2) is 22.8 Å². The van der Waals surface area contributed by atoms with Crippen molar-refractivity contribution in [1.29, 1.82) is 0 Å². The van der Waals surface area contributed by atoms with Crippen LogP contribution in [0.2, 0.25) is 10.2 Å². The second-order valence-corrected chi connectivity index (χ2v) is 5.42. The molecule has 0 radical (unpaired) electrons. The van der Waals surface area contributed by atoms with Crippen molar-refractivity contribution in [3.05, 3.63) is 27.5 Å². The van der Waals surface area contributed by atoms with Gasteiger partial charge in [-0.15, -0.1) is 0 Å². The number of hydrogen-bond donors (Lipinski definition) is 0. The summed E-state index contributed by atoms with van der Waals surface area (Å²) in [6, 6.07) is 0. The molecular formula is C12H13Cl2NO3. The second-order valence-electron chi connectivity index (χ2n) is 4.68. The Labute approximate surface area is 115 Å². The zero-order valence-electron chi connectivity index (χ0n) is 10.3. The summed E-state index contributed by atoms with van der Waals surface area (Å²) in [5.74, 6) is -0.439. The third-order valence-corrected chi connectivity index (χ3v) is 2.69. The number of halogens is 2. The van der Waals surface area contributed by atoms with E-state index >= 15 is 0 Å². The van der Waals surface area contributed by atoms with Crippen molar-refractivity contribution < 1.29 is 14.3 Å².